The maximum absolute atomic E-state index is 5.69. The highest BCUT2D eigenvalue weighted by Gasteiger charge is 2.24. The zero-order valence-corrected chi connectivity index (χ0v) is 13.4. The first-order valence-corrected chi connectivity index (χ1v) is 8.23. The lowest BCUT2D eigenvalue weighted by Gasteiger charge is -2.23. The molecule has 120 valence electrons. The van der Waals surface area contributed by atoms with Crippen LogP contribution in [0.2, 0.25) is 0 Å². The van der Waals surface area contributed by atoms with E-state index < -0.39 is 0 Å². The van der Waals surface area contributed by atoms with Crippen molar-refractivity contribution < 1.29 is 14.2 Å². The molecule has 4 nitrogen and oxygen atoms in total. The molecule has 0 aromatic rings. The monoisotopic (exact) mass is 287 g/mol. The van der Waals surface area contributed by atoms with Gasteiger partial charge in [-0.15, -0.1) is 0 Å². The van der Waals surface area contributed by atoms with Crippen LogP contribution in [-0.2, 0) is 14.2 Å². The van der Waals surface area contributed by atoms with Gasteiger partial charge in [-0.1, -0.05) is 32.6 Å². The van der Waals surface area contributed by atoms with Gasteiger partial charge in [-0.25, -0.2) is 0 Å². The molecule has 0 heterocycles. The lowest BCUT2D eigenvalue weighted by Crippen LogP contribution is -2.28. The van der Waals surface area contributed by atoms with Crippen LogP contribution in [0.5, 0.6) is 0 Å². The molecule has 1 N–H and O–H groups in total. The zero-order chi connectivity index (χ0) is 14.5. The summed E-state index contributed by atoms with van der Waals surface area (Å²) in [5.74, 6) is 1.70. The minimum Gasteiger partial charge on any atom is -0.382 e. The molecule has 1 fully saturated rings. The van der Waals surface area contributed by atoms with E-state index >= 15 is 0 Å². The third-order valence-electron chi connectivity index (χ3n) is 4.16. The Kier molecular flexibility index (Phi) is 11.2. The molecule has 0 aromatic carbocycles. The van der Waals surface area contributed by atoms with Crippen molar-refractivity contribution in [3.8, 4) is 0 Å². The lowest BCUT2D eigenvalue weighted by molar-refractivity contribution is 0.0202. The van der Waals surface area contributed by atoms with Crippen molar-refractivity contribution in [2.75, 3.05) is 53.2 Å². The number of methoxy groups -OCH3 is 1. The van der Waals surface area contributed by atoms with Gasteiger partial charge in [0, 0.05) is 13.7 Å². The first-order valence-electron chi connectivity index (χ1n) is 8.23. The van der Waals surface area contributed by atoms with E-state index in [-0.39, 0.29) is 0 Å². The maximum atomic E-state index is 5.69. The largest absolute Gasteiger partial charge is 0.382 e. The highest BCUT2D eigenvalue weighted by Crippen LogP contribution is 2.32. The second-order valence-corrected chi connectivity index (χ2v) is 5.62. The molecule has 1 saturated carbocycles. The average Bonchev–Trinajstić information content (AvgIpc) is 2.99. The number of hydrogen-bond donors (Lipinski definition) is 1. The van der Waals surface area contributed by atoms with E-state index in [1.54, 1.807) is 7.11 Å². The Labute approximate surface area is 124 Å². The van der Waals surface area contributed by atoms with E-state index in [0.717, 1.165) is 31.5 Å². The van der Waals surface area contributed by atoms with Crippen molar-refractivity contribution in [2.45, 2.75) is 39.0 Å². The first kappa shape index (κ1) is 17.9. The molecular weight excluding hydrogens is 254 g/mol. The summed E-state index contributed by atoms with van der Waals surface area (Å²) in [6.45, 7) is 7.94. The Hall–Kier alpha value is -0.160. The standard InChI is InChI=1S/C16H33NO3/c1-3-17-14-16(15-6-4-5-7-15)8-9-19-12-13-20-11-10-18-2/h15-17H,3-14H2,1-2H3. The van der Waals surface area contributed by atoms with Crippen molar-refractivity contribution in [1.82, 2.24) is 5.32 Å². The fourth-order valence-electron chi connectivity index (χ4n) is 2.96. The fraction of sp³-hybridized carbons (Fsp3) is 1.00. The van der Waals surface area contributed by atoms with Crippen LogP contribution in [0.3, 0.4) is 0 Å². The van der Waals surface area contributed by atoms with Gasteiger partial charge in [-0.2, -0.15) is 0 Å². The Morgan fingerprint density at radius 1 is 1.00 bits per heavy atom. The summed E-state index contributed by atoms with van der Waals surface area (Å²) in [6.07, 6.45) is 6.84. The normalized spacial score (nSPS) is 17.7. The van der Waals surface area contributed by atoms with Gasteiger partial charge in [0.25, 0.3) is 0 Å². The molecule has 0 bridgehead atoms. The quantitative estimate of drug-likeness (QED) is 0.528. The van der Waals surface area contributed by atoms with Crippen LogP contribution in [0.1, 0.15) is 39.0 Å². The van der Waals surface area contributed by atoms with Crippen molar-refractivity contribution in [2.24, 2.45) is 11.8 Å². The van der Waals surface area contributed by atoms with E-state index in [4.69, 9.17) is 14.2 Å². The Morgan fingerprint density at radius 2 is 1.65 bits per heavy atom. The summed E-state index contributed by atoms with van der Waals surface area (Å²) in [4.78, 5) is 0. The summed E-state index contributed by atoms with van der Waals surface area (Å²) in [5, 5.41) is 3.51. The van der Waals surface area contributed by atoms with Gasteiger partial charge in [-0.05, 0) is 31.3 Å². The molecule has 0 spiro atoms. The molecular formula is C16H33NO3. The average molecular weight is 287 g/mol. The van der Waals surface area contributed by atoms with Crippen LogP contribution in [0.4, 0.5) is 0 Å². The molecule has 4 heteroatoms. The number of ether oxygens (including phenoxy) is 3. The van der Waals surface area contributed by atoms with Crippen LogP contribution in [-0.4, -0.2) is 53.2 Å². The van der Waals surface area contributed by atoms with Crippen molar-refractivity contribution in [3.63, 3.8) is 0 Å². The molecule has 1 aliphatic carbocycles. The van der Waals surface area contributed by atoms with Crippen LogP contribution >= 0.6 is 0 Å². The smallest absolute Gasteiger partial charge is 0.0701 e. The van der Waals surface area contributed by atoms with Crippen molar-refractivity contribution in [1.29, 1.82) is 0 Å². The molecule has 20 heavy (non-hydrogen) atoms. The third kappa shape index (κ3) is 8.20. The Balaban J connectivity index is 2.02. The van der Waals surface area contributed by atoms with Gasteiger partial charge >= 0.3 is 0 Å². The zero-order valence-electron chi connectivity index (χ0n) is 13.4. The summed E-state index contributed by atoms with van der Waals surface area (Å²) in [6, 6.07) is 0. The van der Waals surface area contributed by atoms with Gasteiger partial charge in [0.05, 0.1) is 26.4 Å². The summed E-state index contributed by atoms with van der Waals surface area (Å²) in [5.41, 5.74) is 0. The van der Waals surface area contributed by atoms with E-state index in [2.05, 4.69) is 12.2 Å². The summed E-state index contributed by atoms with van der Waals surface area (Å²) >= 11 is 0. The van der Waals surface area contributed by atoms with E-state index in [9.17, 15) is 0 Å². The second kappa shape index (κ2) is 12.6. The predicted octanol–water partition coefficient (Wildman–Crippen LogP) is 2.47. The predicted molar refractivity (Wildman–Crippen MR) is 82.1 cm³/mol. The Bertz CT molecular complexity index is 208. The number of hydrogen-bond acceptors (Lipinski definition) is 4. The topological polar surface area (TPSA) is 39.7 Å². The Morgan fingerprint density at radius 3 is 2.30 bits per heavy atom. The van der Waals surface area contributed by atoms with Gasteiger partial charge in [-0.3, -0.25) is 0 Å². The maximum Gasteiger partial charge on any atom is 0.0701 e. The molecule has 0 aromatic heterocycles. The number of nitrogens with one attached hydrogen (secondary N) is 1. The van der Waals surface area contributed by atoms with Gasteiger partial charge < -0.3 is 19.5 Å². The highest BCUT2D eigenvalue weighted by molar-refractivity contribution is 4.77. The number of rotatable bonds is 13. The van der Waals surface area contributed by atoms with Crippen LogP contribution in [0.25, 0.3) is 0 Å². The molecule has 0 aliphatic heterocycles. The molecule has 0 saturated heterocycles. The fourth-order valence-corrected chi connectivity index (χ4v) is 2.96. The molecule has 1 aliphatic rings. The van der Waals surface area contributed by atoms with Crippen LogP contribution < -0.4 is 5.32 Å². The summed E-state index contributed by atoms with van der Waals surface area (Å²) < 4.78 is 16.0. The lowest BCUT2D eigenvalue weighted by atomic mass is 9.88. The molecule has 1 atom stereocenters. The van der Waals surface area contributed by atoms with E-state index in [1.807, 2.05) is 0 Å². The van der Waals surface area contributed by atoms with E-state index in [0.29, 0.717) is 26.4 Å². The van der Waals surface area contributed by atoms with Crippen LogP contribution in [0.15, 0.2) is 0 Å². The minimum atomic E-state index is 0.658. The van der Waals surface area contributed by atoms with Crippen molar-refractivity contribution >= 4 is 0 Å². The van der Waals surface area contributed by atoms with Crippen LogP contribution in [0, 0.1) is 11.8 Å². The molecule has 1 unspecified atom stereocenters. The minimum absolute atomic E-state index is 0.658. The van der Waals surface area contributed by atoms with Gasteiger partial charge in [0.15, 0.2) is 0 Å². The molecule has 0 amide bonds. The summed E-state index contributed by atoms with van der Waals surface area (Å²) in [7, 11) is 1.69. The van der Waals surface area contributed by atoms with Gasteiger partial charge in [0.2, 0.25) is 0 Å². The SMILES string of the molecule is CCNCC(CCOCCOCCOC)C1CCCC1. The highest BCUT2D eigenvalue weighted by atomic mass is 16.5. The second-order valence-electron chi connectivity index (χ2n) is 5.62. The molecule has 1 rings (SSSR count). The van der Waals surface area contributed by atoms with E-state index in [1.165, 1.54) is 32.1 Å². The van der Waals surface area contributed by atoms with Gasteiger partial charge in [0.1, 0.15) is 0 Å². The molecule has 0 radical (unpaired) electrons. The van der Waals surface area contributed by atoms with Crippen molar-refractivity contribution in [3.05, 3.63) is 0 Å². The third-order valence-corrected chi connectivity index (χ3v) is 4.16. The first-order chi connectivity index (χ1) is 9.88.